The molecule has 0 radical (unpaired) electrons. The van der Waals surface area contributed by atoms with Crippen molar-refractivity contribution in [2.45, 2.75) is 13.0 Å². The number of hydrogen-bond donors (Lipinski definition) is 1. The van der Waals surface area contributed by atoms with Crippen molar-refractivity contribution in [2.24, 2.45) is 0 Å². The van der Waals surface area contributed by atoms with Crippen LogP contribution in [-0.4, -0.2) is 70.8 Å². The minimum absolute atomic E-state index is 0.183. The molecule has 1 atom stereocenters. The van der Waals surface area contributed by atoms with Crippen molar-refractivity contribution in [1.29, 1.82) is 0 Å². The smallest absolute Gasteiger partial charge is 0.151 e. The first-order valence-electron chi connectivity index (χ1n) is 5.75. The molecule has 1 aliphatic heterocycles. The highest BCUT2D eigenvalue weighted by atomic mass is 32.2. The van der Waals surface area contributed by atoms with Gasteiger partial charge < -0.3 is 15.0 Å². The van der Waals surface area contributed by atoms with Crippen LogP contribution in [0.5, 0.6) is 0 Å². The molecule has 0 aromatic rings. The third-order valence-corrected chi connectivity index (χ3v) is 4.45. The van der Waals surface area contributed by atoms with Crippen LogP contribution in [0.3, 0.4) is 0 Å². The molecule has 1 saturated heterocycles. The number of morpholine rings is 1. The van der Waals surface area contributed by atoms with Crippen molar-refractivity contribution < 1.29 is 13.2 Å². The zero-order chi connectivity index (χ0) is 12.0. The van der Waals surface area contributed by atoms with Gasteiger partial charge in [-0.15, -0.1) is 0 Å². The quantitative estimate of drug-likeness (QED) is 0.634. The summed E-state index contributed by atoms with van der Waals surface area (Å²) >= 11 is 0. The van der Waals surface area contributed by atoms with Gasteiger partial charge in [0.2, 0.25) is 0 Å². The molecule has 1 rings (SSSR count). The number of ether oxygens (including phenoxy) is 1. The Bertz CT molecular complexity index is 292. The van der Waals surface area contributed by atoms with Crippen molar-refractivity contribution in [3.8, 4) is 0 Å². The molecule has 0 bridgehead atoms. The van der Waals surface area contributed by atoms with E-state index in [1.54, 1.807) is 6.92 Å². The fraction of sp³-hybridized carbons (Fsp3) is 1.00. The summed E-state index contributed by atoms with van der Waals surface area (Å²) in [6.45, 7) is 5.56. The molecule has 1 aliphatic rings. The normalized spacial score (nSPS) is 23.5. The lowest BCUT2D eigenvalue weighted by molar-refractivity contribution is -0.0178. The summed E-state index contributed by atoms with van der Waals surface area (Å²) in [6.07, 6.45) is 0.183. The van der Waals surface area contributed by atoms with Gasteiger partial charge in [-0.2, -0.15) is 0 Å². The van der Waals surface area contributed by atoms with E-state index in [1.165, 1.54) is 0 Å². The van der Waals surface area contributed by atoms with Gasteiger partial charge in [0.15, 0.2) is 9.84 Å². The van der Waals surface area contributed by atoms with Gasteiger partial charge in [-0.25, -0.2) is 8.42 Å². The topological polar surface area (TPSA) is 58.6 Å². The van der Waals surface area contributed by atoms with Crippen LogP contribution in [0.1, 0.15) is 6.92 Å². The fourth-order valence-corrected chi connectivity index (χ4v) is 2.37. The van der Waals surface area contributed by atoms with Crippen LogP contribution in [0.15, 0.2) is 0 Å². The molecule has 0 spiro atoms. The standard InChI is InChI=1S/C10H22N2O3S/c1-3-16(13,14)7-4-11-8-10-9-12(2)5-6-15-10/h10-11H,3-9H2,1-2H3. The molecule has 0 aromatic carbocycles. The van der Waals surface area contributed by atoms with Crippen molar-refractivity contribution in [3.63, 3.8) is 0 Å². The molecule has 1 heterocycles. The van der Waals surface area contributed by atoms with Crippen LogP contribution in [0.2, 0.25) is 0 Å². The zero-order valence-corrected chi connectivity index (χ0v) is 10.9. The fourth-order valence-electron chi connectivity index (χ4n) is 1.63. The maximum absolute atomic E-state index is 11.2. The van der Waals surface area contributed by atoms with Crippen molar-refractivity contribution in [1.82, 2.24) is 10.2 Å². The lowest BCUT2D eigenvalue weighted by Gasteiger charge is -2.30. The first-order chi connectivity index (χ1) is 7.53. The average Bonchev–Trinajstić information content (AvgIpc) is 2.25. The second-order valence-corrected chi connectivity index (χ2v) is 6.67. The van der Waals surface area contributed by atoms with Crippen LogP contribution < -0.4 is 5.32 Å². The van der Waals surface area contributed by atoms with Crippen LogP contribution >= 0.6 is 0 Å². The van der Waals surface area contributed by atoms with Crippen molar-refractivity contribution >= 4 is 9.84 Å². The molecule has 1 fully saturated rings. The van der Waals surface area contributed by atoms with Gasteiger partial charge in [0.1, 0.15) is 0 Å². The highest BCUT2D eigenvalue weighted by molar-refractivity contribution is 7.91. The van der Waals surface area contributed by atoms with Gasteiger partial charge in [-0.1, -0.05) is 6.92 Å². The summed E-state index contributed by atoms with van der Waals surface area (Å²) in [4.78, 5) is 2.22. The molecule has 5 nitrogen and oxygen atoms in total. The predicted octanol–water partition coefficient (Wildman–Crippen LogP) is -0.659. The molecular weight excluding hydrogens is 228 g/mol. The monoisotopic (exact) mass is 250 g/mol. The Morgan fingerprint density at radius 2 is 2.25 bits per heavy atom. The highest BCUT2D eigenvalue weighted by Gasteiger charge is 2.17. The first kappa shape index (κ1) is 13.9. The number of hydrogen-bond acceptors (Lipinski definition) is 5. The summed E-state index contributed by atoms with van der Waals surface area (Å²) < 4.78 is 28.0. The largest absolute Gasteiger partial charge is 0.374 e. The van der Waals surface area contributed by atoms with Gasteiger partial charge in [0.05, 0.1) is 18.5 Å². The molecule has 0 aromatic heterocycles. The van der Waals surface area contributed by atoms with Crippen molar-refractivity contribution in [3.05, 3.63) is 0 Å². The van der Waals surface area contributed by atoms with E-state index in [4.69, 9.17) is 4.74 Å². The van der Waals surface area contributed by atoms with Crippen LogP contribution in [-0.2, 0) is 14.6 Å². The molecule has 1 N–H and O–H groups in total. The van der Waals surface area contributed by atoms with Crippen LogP contribution in [0.25, 0.3) is 0 Å². The SMILES string of the molecule is CCS(=O)(=O)CCNCC1CN(C)CCO1. The van der Waals surface area contributed by atoms with E-state index in [0.29, 0.717) is 6.54 Å². The second kappa shape index (κ2) is 6.54. The van der Waals surface area contributed by atoms with E-state index in [-0.39, 0.29) is 17.6 Å². The third-order valence-electron chi connectivity index (χ3n) is 2.74. The van der Waals surface area contributed by atoms with Gasteiger partial charge in [0.25, 0.3) is 0 Å². The number of nitrogens with one attached hydrogen (secondary N) is 1. The summed E-state index contributed by atoms with van der Waals surface area (Å²) in [5.41, 5.74) is 0. The molecule has 16 heavy (non-hydrogen) atoms. The molecule has 0 saturated carbocycles. The van der Waals surface area contributed by atoms with E-state index in [0.717, 1.165) is 26.2 Å². The van der Waals surface area contributed by atoms with Crippen molar-refractivity contribution in [2.75, 3.05) is 51.3 Å². The number of nitrogens with zero attached hydrogens (tertiary/aromatic N) is 1. The van der Waals surface area contributed by atoms with Gasteiger partial charge in [0, 0.05) is 31.9 Å². The third kappa shape index (κ3) is 5.25. The van der Waals surface area contributed by atoms with Gasteiger partial charge >= 0.3 is 0 Å². The summed E-state index contributed by atoms with van der Waals surface area (Å²) in [5.74, 6) is 0.434. The Hall–Kier alpha value is -0.170. The minimum Gasteiger partial charge on any atom is -0.374 e. The first-order valence-corrected chi connectivity index (χ1v) is 7.57. The Morgan fingerprint density at radius 1 is 1.50 bits per heavy atom. The van der Waals surface area contributed by atoms with Crippen LogP contribution in [0.4, 0.5) is 0 Å². The van der Waals surface area contributed by atoms with E-state index in [9.17, 15) is 8.42 Å². The van der Waals surface area contributed by atoms with Crippen LogP contribution in [0, 0.1) is 0 Å². The van der Waals surface area contributed by atoms with Gasteiger partial charge in [-0.05, 0) is 7.05 Å². The lowest BCUT2D eigenvalue weighted by Crippen LogP contribution is -2.45. The summed E-state index contributed by atoms with van der Waals surface area (Å²) in [6, 6.07) is 0. The average molecular weight is 250 g/mol. The number of rotatable bonds is 6. The Balaban J connectivity index is 2.11. The molecule has 96 valence electrons. The lowest BCUT2D eigenvalue weighted by atomic mass is 10.3. The maximum Gasteiger partial charge on any atom is 0.151 e. The van der Waals surface area contributed by atoms with E-state index in [2.05, 4.69) is 17.3 Å². The molecule has 1 unspecified atom stereocenters. The molecule has 0 amide bonds. The summed E-state index contributed by atoms with van der Waals surface area (Å²) in [5, 5.41) is 3.14. The minimum atomic E-state index is -2.85. The highest BCUT2D eigenvalue weighted by Crippen LogP contribution is 2.01. The predicted molar refractivity (Wildman–Crippen MR) is 64.4 cm³/mol. The van der Waals surface area contributed by atoms with E-state index >= 15 is 0 Å². The molecular formula is C10H22N2O3S. The number of likely N-dealkylation sites (N-methyl/N-ethyl adjacent to an activating group) is 1. The maximum atomic E-state index is 11.2. The van der Waals surface area contributed by atoms with Gasteiger partial charge in [-0.3, -0.25) is 0 Å². The van der Waals surface area contributed by atoms with E-state index < -0.39 is 9.84 Å². The Morgan fingerprint density at radius 3 is 2.88 bits per heavy atom. The zero-order valence-electron chi connectivity index (χ0n) is 10.1. The second-order valence-electron chi connectivity index (χ2n) is 4.20. The Labute approximate surface area is 98.1 Å². The summed E-state index contributed by atoms with van der Waals surface area (Å²) in [7, 11) is -0.780. The van der Waals surface area contributed by atoms with E-state index in [1.807, 2.05) is 0 Å². The molecule has 6 heteroatoms. The Kier molecular flexibility index (Phi) is 5.68. The molecule has 0 aliphatic carbocycles. The number of sulfone groups is 1.